The molecule has 2 heterocycles. The third kappa shape index (κ3) is 2.98. The first-order chi connectivity index (χ1) is 9.63. The summed E-state index contributed by atoms with van der Waals surface area (Å²) in [5.41, 5.74) is 6.17. The van der Waals surface area contributed by atoms with Crippen LogP contribution in [0.2, 0.25) is 0 Å². The Balaban J connectivity index is 2.02. The average molecular weight is 277 g/mol. The molecule has 7 heteroatoms. The fourth-order valence-electron chi connectivity index (χ4n) is 2.04. The predicted molar refractivity (Wildman–Crippen MR) is 74.2 cm³/mol. The van der Waals surface area contributed by atoms with Crippen molar-refractivity contribution in [3.63, 3.8) is 0 Å². The Morgan fingerprint density at radius 3 is 2.90 bits per heavy atom. The van der Waals surface area contributed by atoms with Crippen molar-refractivity contribution in [2.75, 3.05) is 12.3 Å². The van der Waals surface area contributed by atoms with E-state index in [0.717, 1.165) is 13.0 Å². The summed E-state index contributed by atoms with van der Waals surface area (Å²) in [6, 6.07) is 1.88. The number of carbonyl (C=O) groups is 1. The minimum Gasteiger partial charge on any atom is -0.461 e. The summed E-state index contributed by atoms with van der Waals surface area (Å²) in [5, 5.41) is 4.14. The molecule has 2 rings (SSSR count). The van der Waals surface area contributed by atoms with E-state index in [1.165, 1.54) is 0 Å². The molecule has 0 spiro atoms. The van der Waals surface area contributed by atoms with Gasteiger partial charge in [-0.3, -0.25) is 4.68 Å². The Bertz CT molecular complexity index is 574. The molecule has 0 unspecified atom stereocenters. The molecule has 0 saturated carbocycles. The second kappa shape index (κ2) is 6.23. The molecular formula is C13H19N5O2. The maximum Gasteiger partial charge on any atom is 0.360 e. The number of ether oxygens (including phenoxy) is 1. The summed E-state index contributed by atoms with van der Waals surface area (Å²) in [6.07, 6.45) is 4.51. The van der Waals surface area contributed by atoms with Gasteiger partial charge in [0.2, 0.25) is 0 Å². The van der Waals surface area contributed by atoms with Gasteiger partial charge in [-0.05, 0) is 26.3 Å². The van der Waals surface area contributed by atoms with Crippen LogP contribution in [0.15, 0.2) is 18.5 Å². The number of nitrogens with two attached hydrogens (primary N) is 1. The van der Waals surface area contributed by atoms with Gasteiger partial charge in [-0.25, -0.2) is 9.78 Å². The molecule has 0 radical (unpaired) electrons. The van der Waals surface area contributed by atoms with E-state index in [1.807, 2.05) is 28.4 Å². The molecule has 0 aliphatic heterocycles. The highest BCUT2D eigenvalue weighted by atomic mass is 16.5. The van der Waals surface area contributed by atoms with Crippen LogP contribution >= 0.6 is 0 Å². The van der Waals surface area contributed by atoms with Crippen molar-refractivity contribution in [1.82, 2.24) is 19.3 Å². The first-order valence-electron chi connectivity index (χ1n) is 6.60. The highest BCUT2D eigenvalue weighted by molar-refractivity contribution is 5.92. The summed E-state index contributed by atoms with van der Waals surface area (Å²) in [4.78, 5) is 15.9. The number of nitrogens with zero attached hydrogens (tertiary/aromatic N) is 4. The average Bonchev–Trinajstić information content (AvgIpc) is 3.01. The molecule has 2 aromatic rings. The first-order valence-corrected chi connectivity index (χ1v) is 6.60. The molecule has 7 nitrogen and oxygen atoms in total. The van der Waals surface area contributed by atoms with Crippen LogP contribution in [0.4, 0.5) is 5.82 Å². The van der Waals surface area contributed by atoms with Gasteiger partial charge in [0, 0.05) is 25.5 Å². The van der Waals surface area contributed by atoms with E-state index < -0.39 is 5.97 Å². The molecule has 0 aliphatic rings. The molecule has 0 bridgehead atoms. The van der Waals surface area contributed by atoms with Crippen molar-refractivity contribution in [3.8, 4) is 0 Å². The first kappa shape index (κ1) is 14.1. The number of imidazole rings is 1. The molecule has 0 aromatic carbocycles. The monoisotopic (exact) mass is 277 g/mol. The largest absolute Gasteiger partial charge is 0.461 e. The van der Waals surface area contributed by atoms with Crippen LogP contribution in [0.25, 0.3) is 0 Å². The van der Waals surface area contributed by atoms with Gasteiger partial charge in [0.1, 0.15) is 11.6 Å². The summed E-state index contributed by atoms with van der Waals surface area (Å²) < 4.78 is 8.62. The standard InChI is InChI=1S/C13H19N5O2/c1-3-20-13(19)11-12(14)18(10(2)16-11)9-5-8-17-7-4-6-15-17/h4,6-7H,3,5,8-9,14H2,1-2H3. The molecular weight excluding hydrogens is 258 g/mol. The van der Waals surface area contributed by atoms with Crippen molar-refractivity contribution in [1.29, 1.82) is 0 Å². The molecule has 2 N–H and O–H groups in total. The van der Waals surface area contributed by atoms with Crippen LogP contribution in [0.1, 0.15) is 29.7 Å². The number of hydrogen-bond donors (Lipinski definition) is 1. The van der Waals surface area contributed by atoms with Gasteiger partial charge < -0.3 is 15.0 Å². The van der Waals surface area contributed by atoms with Gasteiger partial charge in [0.15, 0.2) is 5.69 Å². The predicted octanol–water partition coefficient (Wildman–Crippen LogP) is 1.24. The number of hydrogen-bond acceptors (Lipinski definition) is 5. The molecule has 108 valence electrons. The van der Waals surface area contributed by atoms with E-state index >= 15 is 0 Å². The van der Waals surface area contributed by atoms with E-state index in [2.05, 4.69) is 10.1 Å². The molecule has 0 aliphatic carbocycles. The highest BCUT2D eigenvalue weighted by Crippen LogP contribution is 2.16. The minimum atomic E-state index is -0.473. The maximum atomic E-state index is 11.7. The summed E-state index contributed by atoms with van der Waals surface area (Å²) >= 11 is 0. The fourth-order valence-corrected chi connectivity index (χ4v) is 2.04. The smallest absolute Gasteiger partial charge is 0.360 e. The lowest BCUT2D eigenvalue weighted by molar-refractivity contribution is 0.0521. The Morgan fingerprint density at radius 1 is 1.45 bits per heavy atom. The normalized spacial score (nSPS) is 10.7. The van der Waals surface area contributed by atoms with Gasteiger partial charge in [-0.2, -0.15) is 5.10 Å². The van der Waals surface area contributed by atoms with Gasteiger partial charge in [-0.1, -0.05) is 0 Å². The van der Waals surface area contributed by atoms with Crippen molar-refractivity contribution < 1.29 is 9.53 Å². The quantitative estimate of drug-likeness (QED) is 0.802. The Labute approximate surface area is 117 Å². The minimum absolute atomic E-state index is 0.198. The number of anilines is 1. The van der Waals surface area contributed by atoms with Crippen LogP contribution in [-0.4, -0.2) is 31.9 Å². The number of esters is 1. The third-order valence-electron chi connectivity index (χ3n) is 2.99. The van der Waals surface area contributed by atoms with Crippen LogP contribution < -0.4 is 5.73 Å². The number of rotatable bonds is 6. The number of aryl methyl sites for hydroxylation is 2. The highest BCUT2D eigenvalue weighted by Gasteiger charge is 2.19. The van der Waals surface area contributed by atoms with Crippen molar-refractivity contribution in [2.45, 2.75) is 33.4 Å². The van der Waals surface area contributed by atoms with Crippen LogP contribution in [0.5, 0.6) is 0 Å². The van der Waals surface area contributed by atoms with E-state index in [4.69, 9.17) is 10.5 Å². The molecule has 0 saturated heterocycles. The lowest BCUT2D eigenvalue weighted by Gasteiger charge is -2.07. The van der Waals surface area contributed by atoms with Crippen molar-refractivity contribution in [2.24, 2.45) is 0 Å². The van der Waals surface area contributed by atoms with E-state index in [1.54, 1.807) is 13.1 Å². The second-order valence-corrected chi connectivity index (χ2v) is 4.39. The van der Waals surface area contributed by atoms with Crippen LogP contribution in [-0.2, 0) is 17.8 Å². The summed E-state index contributed by atoms with van der Waals surface area (Å²) in [5.74, 6) is 0.603. The zero-order chi connectivity index (χ0) is 14.5. The molecule has 0 atom stereocenters. The van der Waals surface area contributed by atoms with Gasteiger partial charge >= 0.3 is 5.97 Å². The van der Waals surface area contributed by atoms with Gasteiger partial charge in [0.05, 0.1) is 6.61 Å². The SMILES string of the molecule is CCOC(=O)c1nc(C)n(CCCn2cccn2)c1N. The van der Waals surface area contributed by atoms with Gasteiger partial charge in [0.25, 0.3) is 0 Å². The molecule has 2 aromatic heterocycles. The summed E-state index contributed by atoms with van der Waals surface area (Å²) in [7, 11) is 0. The zero-order valence-electron chi connectivity index (χ0n) is 11.7. The fraction of sp³-hybridized carbons (Fsp3) is 0.462. The zero-order valence-corrected chi connectivity index (χ0v) is 11.7. The van der Waals surface area contributed by atoms with Crippen molar-refractivity contribution in [3.05, 3.63) is 30.0 Å². The van der Waals surface area contributed by atoms with E-state index in [0.29, 0.717) is 24.8 Å². The second-order valence-electron chi connectivity index (χ2n) is 4.39. The Morgan fingerprint density at radius 2 is 2.25 bits per heavy atom. The molecule has 0 fully saturated rings. The lowest BCUT2D eigenvalue weighted by atomic mass is 10.4. The lowest BCUT2D eigenvalue weighted by Crippen LogP contribution is -2.11. The van der Waals surface area contributed by atoms with E-state index in [-0.39, 0.29) is 5.69 Å². The van der Waals surface area contributed by atoms with Crippen LogP contribution in [0.3, 0.4) is 0 Å². The van der Waals surface area contributed by atoms with E-state index in [9.17, 15) is 4.79 Å². The maximum absolute atomic E-state index is 11.7. The number of nitrogen functional groups attached to an aromatic ring is 1. The molecule has 20 heavy (non-hydrogen) atoms. The topological polar surface area (TPSA) is 88.0 Å². The summed E-state index contributed by atoms with van der Waals surface area (Å²) in [6.45, 7) is 5.36. The number of carbonyl (C=O) groups excluding carboxylic acids is 1. The Kier molecular flexibility index (Phi) is 4.39. The van der Waals surface area contributed by atoms with Crippen LogP contribution in [0, 0.1) is 6.92 Å². The number of aromatic nitrogens is 4. The molecule has 0 amide bonds. The van der Waals surface area contributed by atoms with Gasteiger partial charge in [-0.15, -0.1) is 0 Å². The Hall–Kier alpha value is -2.31. The third-order valence-corrected chi connectivity index (χ3v) is 2.99. The van der Waals surface area contributed by atoms with Crippen molar-refractivity contribution >= 4 is 11.8 Å².